The zero-order valence-electron chi connectivity index (χ0n) is 17.5. The zero-order valence-corrected chi connectivity index (χ0v) is 19.1. The minimum atomic E-state index is -1.29. The SMILES string of the molecule is CCCC(O)C(N)(CO)c1ccc(Sc2cccc(OCc3ccccc3)c2)cc1Cl. The van der Waals surface area contributed by atoms with Gasteiger partial charge in [0.05, 0.1) is 18.2 Å². The van der Waals surface area contributed by atoms with E-state index >= 15 is 0 Å². The molecule has 0 saturated carbocycles. The minimum absolute atomic E-state index is 0.388. The molecular formula is C25H28ClNO3S. The summed E-state index contributed by atoms with van der Waals surface area (Å²) in [6.45, 7) is 2.08. The minimum Gasteiger partial charge on any atom is -0.489 e. The van der Waals surface area contributed by atoms with E-state index in [1.807, 2.05) is 73.7 Å². The van der Waals surface area contributed by atoms with Crippen LogP contribution in [0.15, 0.2) is 82.6 Å². The van der Waals surface area contributed by atoms with Crippen molar-refractivity contribution in [3.8, 4) is 5.75 Å². The Morgan fingerprint density at radius 1 is 1.03 bits per heavy atom. The first-order valence-corrected chi connectivity index (χ1v) is 11.5. The van der Waals surface area contributed by atoms with Gasteiger partial charge in [0, 0.05) is 14.8 Å². The molecule has 0 saturated heterocycles. The molecule has 2 atom stereocenters. The van der Waals surface area contributed by atoms with Gasteiger partial charge >= 0.3 is 0 Å². The molecule has 31 heavy (non-hydrogen) atoms. The van der Waals surface area contributed by atoms with Crippen LogP contribution in [-0.4, -0.2) is 22.9 Å². The van der Waals surface area contributed by atoms with Gasteiger partial charge in [-0.3, -0.25) is 0 Å². The maximum atomic E-state index is 10.5. The first-order chi connectivity index (χ1) is 15.0. The molecule has 4 nitrogen and oxygen atoms in total. The number of ether oxygens (including phenoxy) is 1. The Morgan fingerprint density at radius 2 is 1.77 bits per heavy atom. The summed E-state index contributed by atoms with van der Waals surface area (Å²) >= 11 is 8.06. The Hall–Kier alpha value is -2.02. The van der Waals surface area contributed by atoms with Gasteiger partial charge in [-0.2, -0.15) is 0 Å². The summed E-state index contributed by atoms with van der Waals surface area (Å²) < 4.78 is 5.91. The number of benzene rings is 3. The predicted octanol–water partition coefficient (Wildman–Crippen LogP) is 5.38. The monoisotopic (exact) mass is 457 g/mol. The lowest BCUT2D eigenvalue weighted by atomic mass is 9.84. The largest absolute Gasteiger partial charge is 0.489 e. The lowest BCUT2D eigenvalue weighted by Gasteiger charge is -2.33. The van der Waals surface area contributed by atoms with Crippen LogP contribution in [0.25, 0.3) is 0 Å². The van der Waals surface area contributed by atoms with Gasteiger partial charge < -0.3 is 20.7 Å². The summed E-state index contributed by atoms with van der Waals surface area (Å²) in [5, 5.41) is 20.7. The molecule has 6 heteroatoms. The van der Waals surface area contributed by atoms with Crippen molar-refractivity contribution < 1.29 is 14.9 Å². The van der Waals surface area contributed by atoms with Crippen LogP contribution in [-0.2, 0) is 12.1 Å². The van der Waals surface area contributed by atoms with E-state index in [0.29, 0.717) is 23.6 Å². The van der Waals surface area contributed by atoms with Crippen molar-refractivity contribution in [2.75, 3.05) is 6.61 Å². The standard InChI is InChI=1S/C25H28ClNO3S/c1-2-7-24(29)25(27,17-28)22-13-12-21(15-23(22)26)31-20-11-6-10-19(14-20)30-16-18-8-4-3-5-9-18/h3-6,8-15,24,28-29H,2,7,16-17,27H2,1H3. The second-order valence-electron chi connectivity index (χ2n) is 7.50. The molecule has 0 amide bonds. The Balaban J connectivity index is 1.72. The Bertz CT molecular complexity index is 986. The molecular weight excluding hydrogens is 430 g/mol. The van der Waals surface area contributed by atoms with Gasteiger partial charge in [-0.25, -0.2) is 0 Å². The second-order valence-corrected chi connectivity index (χ2v) is 9.05. The molecule has 3 aromatic rings. The van der Waals surface area contributed by atoms with Crippen LogP contribution < -0.4 is 10.5 Å². The lowest BCUT2D eigenvalue weighted by molar-refractivity contribution is 0.0347. The third-order valence-electron chi connectivity index (χ3n) is 5.15. The highest BCUT2D eigenvalue weighted by atomic mass is 35.5. The molecule has 0 aromatic heterocycles. The van der Waals surface area contributed by atoms with E-state index in [-0.39, 0.29) is 6.61 Å². The number of aliphatic hydroxyl groups is 2. The summed E-state index contributed by atoms with van der Waals surface area (Å²) in [6, 6.07) is 23.4. The smallest absolute Gasteiger partial charge is 0.120 e. The van der Waals surface area contributed by atoms with Crippen LogP contribution in [0.1, 0.15) is 30.9 Å². The van der Waals surface area contributed by atoms with Crippen molar-refractivity contribution in [1.82, 2.24) is 0 Å². The third kappa shape index (κ3) is 6.03. The van der Waals surface area contributed by atoms with Crippen LogP contribution in [0.5, 0.6) is 5.75 Å². The molecule has 0 spiro atoms. The Morgan fingerprint density at radius 3 is 2.45 bits per heavy atom. The molecule has 0 aliphatic heterocycles. The van der Waals surface area contributed by atoms with Crippen LogP contribution in [0.2, 0.25) is 5.02 Å². The maximum absolute atomic E-state index is 10.5. The summed E-state index contributed by atoms with van der Waals surface area (Å²) in [6.07, 6.45) is 0.366. The maximum Gasteiger partial charge on any atom is 0.120 e. The molecule has 3 aromatic carbocycles. The summed E-state index contributed by atoms with van der Waals surface area (Å²) in [4.78, 5) is 1.95. The zero-order chi connectivity index (χ0) is 22.3. The summed E-state index contributed by atoms with van der Waals surface area (Å²) in [5.41, 5.74) is 6.71. The first-order valence-electron chi connectivity index (χ1n) is 10.3. The molecule has 164 valence electrons. The van der Waals surface area contributed by atoms with Crippen LogP contribution in [0.3, 0.4) is 0 Å². The summed E-state index contributed by atoms with van der Waals surface area (Å²) in [7, 11) is 0. The van der Waals surface area contributed by atoms with E-state index in [1.54, 1.807) is 17.8 Å². The van der Waals surface area contributed by atoms with Crippen molar-refractivity contribution in [2.45, 2.75) is 47.8 Å². The molecule has 0 fully saturated rings. The van der Waals surface area contributed by atoms with E-state index in [2.05, 4.69) is 0 Å². The molecule has 0 aliphatic rings. The van der Waals surface area contributed by atoms with E-state index in [1.165, 1.54) is 0 Å². The normalized spacial score (nSPS) is 14.1. The third-order valence-corrected chi connectivity index (χ3v) is 6.44. The van der Waals surface area contributed by atoms with E-state index in [4.69, 9.17) is 22.1 Å². The van der Waals surface area contributed by atoms with Crippen molar-refractivity contribution in [3.63, 3.8) is 0 Å². The number of aliphatic hydroxyl groups excluding tert-OH is 2. The van der Waals surface area contributed by atoms with Crippen molar-refractivity contribution in [3.05, 3.63) is 88.9 Å². The molecule has 0 heterocycles. The average molecular weight is 458 g/mol. The summed E-state index contributed by atoms with van der Waals surface area (Å²) in [5.74, 6) is 0.792. The molecule has 0 radical (unpaired) electrons. The van der Waals surface area contributed by atoms with Gasteiger partial charge in [-0.05, 0) is 47.9 Å². The fraction of sp³-hybridized carbons (Fsp3) is 0.280. The van der Waals surface area contributed by atoms with Gasteiger partial charge in [-0.1, -0.05) is 79.2 Å². The predicted molar refractivity (Wildman–Crippen MR) is 127 cm³/mol. The van der Waals surface area contributed by atoms with E-state index < -0.39 is 11.6 Å². The lowest BCUT2D eigenvalue weighted by Crippen LogP contribution is -2.51. The average Bonchev–Trinajstić information content (AvgIpc) is 2.78. The molecule has 3 rings (SSSR count). The van der Waals surface area contributed by atoms with Crippen LogP contribution >= 0.6 is 23.4 Å². The highest BCUT2D eigenvalue weighted by Crippen LogP contribution is 2.36. The molecule has 0 aliphatic carbocycles. The fourth-order valence-corrected chi connectivity index (χ4v) is 4.67. The van der Waals surface area contributed by atoms with E-state index in [9.17, 15) is 10.2 Å². The molecule has 0 bridgehead atoms. The number of nitrogens with two attached hydrogens (primary N) is 1. The Kier molecular flexibility index (Phi) is 8.41. The first kappa shape index (κ1) is 23.6. The van der Waals surface area contributed by atoms with Gasteiger partial charge in [0.25, 0.3) is 0 Å². The quantitative estimate of drug-likeness (QED) is 0.381. The molecule has 2 unspecified atom stereocenters. The van der Waals surface area contributed by atoms with Gasteiger partial charge in [-0.15, -0.1) is 0 Å². The van der Waals surface area contributed by atoms with Crippen molar-refractivity contribution >= 4 is 23.4 Å². The number of hydrogen-bond donors (Lipinski definition) is 3. The van der Waals surface area contributed by atoms with Gasteiger partial charge in [0.15, 0.2) is 0 Å². The topological polar surface area (TPSA) is 75.7 Å². The highest BCUT2D eigenvalue weighted by molar-refractivity contribution is 7.99. The Labute approximate surface area is 193 Å². The second kappa shape index (κ2) is 11.0. The van der Waals surface area contributed by atoms with Crippen LogP contribution in [0.4, 0.5) is 0 Å². The number of halogens is 1. The van der Waals surface area contributed by atoms with Gasteiger partial charge in [0.2, 0.25) is 0 Å². The fourth-order valence-electron chi connectivity index (χ4n) is 3.34. The molecule has 4 N–H and O–H groups in total. The number of hydrogen-bond acceptors (Lipinski definition) is 5. The van der Waals surface area contributed by atoms with E-state index in [0.717, 1.165) is 27.5 Å². The van der Waals surface area contributed by atoms with Crippen LogP contribution in [0, 0.1) is 0 Å². The van der Waals surface area contributed by atoms with Gasteiger partial charge in [0.1, 0.15) is 12.4 Å². The number of rotatable bonds is 10. The van der Waals surface area contributed by atoms with Crippen molar-refractivity contribution in [1.29, 1.82) is 0 Å². The highest BCUT2D eigenvalue weighted by Gasteiger charge is 2.36. The van der Waals surface area contributed by atoms with Crippen molar-refractivity contribution in [2.24, 2.45) is 5.73 Å².